The van der Waals surface area contributed by atoms with E-state index in [4.69, 9.17) is 15.5 Å². The Morgan fingerprint density at radius 3 is 2.39 bits per heavy atom. The van der Waals surface area contributed by atoms with Gasteiger partial charge in [0, 0.05) is 6.07 Å². The van der Waals surface area contributed by atoms with Gasteiger partial charge in [-0.2, -0.15) is 13.9 Å². The summed E-state index contributed by atoms with van der Waals surface area (Å²) < 4.78 is 30.8. The van der Waals surface area contributed by atoms with E-state index in [1.165, 1.54) is 0 Å². The van der Waals surface area contributed by atoms with Crippen molar-refractivity contribution in [1.82, 2.24) is 0 Å². The van der Waals surface area contributed by atoms with Crippen LogP contribution in [0.2, 0.25) is 0 Å². The fourth-order valence-electron chi connectivity index (χ4n) is 1.07. The van der Waals surface area contributed by atoms with E-state index < -0.39 is 36.6 Å². The maximum absolute atomic E-state index is 11.3. The van der Waals surface area contributed by atoms with Gasteiger partial charge in [-0.15, -0.1) is 5.10 Å². The van der Waals surface area contributed by atoms with E-state index in [-0.39, 0.29) is 0 Å². The van der Waals surface area contributed by atoms with Crippen LogP contribution >= 0.6 is 0 Å². The minimum atomic E-state index is -4.90. The zero-order valence-corrected chi connectivity index (χ0v) is 9.12. The van der Waals surface area contributed by atoms with Crippen LogP contribution in [0.1, 0.15) is 0 Å². The van der Waals surface area contributed by atoms with Crippen LogP contribution in [0.4, 0.5) is 0 Å². The zero-order valence-electron chi connectivity index (χ0n) is 8.30. The molecule has 18 heavy (non-hydrogen) atoms. The van der Waals surface area contributed by atoms with Gasteiger partial charge in [0.05, 0.1) is 0 Å². The fraction of sp³-hybridized carbons (Fsp3) is 0. The molecule has 0 aromatic heterocycles. The van der Waals surface area contributed by atoms with Crippen LogP contribution in [0, 0.1) is 10.9 Å². The summed E-state index contributed by atoms with van der Waals surface area (Å²) >= 11 is 0. The molecule has 0 fully saturated rings. The summed E-state index contributed by atoms with van der Waals surface area (Å²) in [4.78, 5) is 21.4. The van der Waals surface area contributed by atoms with E-state index in [2.05, 4.69) is 20.5 Å². The highest BCUT2D eigenvalue weighted by molar-refractivity contribution is 7.85. The van der Waals surface area contributed by atoms with Gasteiger partial charge in [-0.05, 0) is 0 Å². The SMILES string of the molecule is N#[N+]N=c1c(S(=O)(=O)O)cc(=O)c(=O)c1=NN=N. The molecular weight excluding hydrogens is 268 g/mol. The summed E-state index contributed by atoms with van der Waals surface area (Å²) in [6, 6.07) is 0.296. The third-order valence-corrected chi connectivity index (χ3v) is 2.60. The zero-order chi connectivity index (χ0) is 13.9. The third-order valence-electron chi connectivity index (χ3n) is 1.73. The number of nitrogens with one attached hydrogen (secondary N) is 1. The molecule has 92 valence electrons. The predicted molar refractivity (Wildman–Crippen MR) is 52.5 cm³/mol. The van der Waals surface area contributed by atoms with Crippen molar-refractivity contribution in [3.8, 4) is 0 Å². The van der Waals surface area contributed by atoms with Gasteiger partial charge >= 0.3 is 5.08 Å². The molecule has 0 bridgehead atoms. The quantitative estimate of drug-likeness (QED) is 0.207. The highest BCUT2D eigenvalue weighted by atomic mass is 32.2. The Labute approximate surface area is 97.3 Å². The summed E-state index contributed by atoms with van der Waals surface area (Å²) in [5.41, 5.74) is 3.82. The second-order valence-electron chi connectivity index (χ2n) is 2.76. The Hall–Kier alpha value is -2.65. The molecule has 0 aliphatic carbocycles. The van der Waals surface area contributed by atoms with Gasteiger partial charge in [-0.25, -0.2) is 0 Å². The average Bonchev–Trinajstić information content (AvgIpc) is 2.27. The van der Waals surface area contributed by atoms with Crippen LogP contribution < -0.4 is 21.6 Å². The molecule has 1 rings (SSSR count). The first kappa shape index (κ1) is 13.4. The molecule has 1 aromatic rings. The van der Waals surface area contributed by atoms with Crippen molar-refractivity contribution < 1.29 is 13.0 Å². The Balaban J connectivity index is 4.29. The summed E-state index contributed by atoms with van der Waals surface area (Å²) in [5, 5.41) is 16.9. The van der Waals surface area contributed by atoms with Crippen LogP contribution in [-0.2, 0) is 10.1 Å². The van der Waals surface area contributed by atoms with Gasteiger partial charge in [-0.3, -0.25) is 14.1 Å². The predicted octanol–water partition coefficient (Wildman–Crippen LogP) is -1.96. The molecule has 0 heterocycles. The van der Waals surface area contributed by atoms with Gasteiger partial charge in [0.15, 0.2) is 10.5 Å². The van der Waals surface area contributed by atoms with E-state index in [1.54, 1.807) is 0 Å². The monoisotopic (exact) mass is 271 g/mol. The van der Waals surface area contributed by atoms with Crippen LogP contribution in [0.15, 0.2) is 36.0 Å². The number of rotatable bonds is 2. The number of diazo groups is 1. The molecule has 0 unspecified atom stereocenters. The molecule has 0 saturated carbocycles. The van der Waals surface area contributed by atoms with Crippen molar-refractivity contribution in [2.45, 2.75) is 4.90 Å². The Kier molecular flexibility index (Phi) is 3.50. The smallest absolute Gasteiger partial charge is 0.285 e. The largest absolute Gasteiger partial charge is 0.339 e. The topological polar surface area (TPSA) is 178 Å². The van der Waals surface area contributed by atoms with Gasteiger partial charge in [0.2, 0.25) is 10.8 Å². The highest BCUT2D eigenvalue weighted by Crippen LogP contribution is 1.95. The Bertz CT molecular complexity index is 869. The van der Waals surface area contributed by atoms with Crippen molar-refractivity contribution in [3.63, 3.8) is 0 Å². The lowest BCUT2D eigenvalue weighted by Crippen LogP contribution is -2.49. The Morgan fingerprint density at radius 1 is 1.33 bits per heavy atom. The molecule has 0 radical (unpaired) electrons. The van der Waals surface area contributed by atoms with Crippen LogP contribution in [0.5, 0.6) is 0 Å². The summed E-state index contributed by atoms with van der Waals surface area (Å²) in [6.45, 7) is 0. The molecule has 0 aliphatic heterocycles. The van der Waals surface area contributed by atoms with Crippen molar-refractivity contribution in [2.75, 3.05) is 0 Å². The second kappa shape index (κ2) is 4.69. The molecule has 2 N–H and O–H groups in total. The lowest BCUT2D eigenvalue weighted by atomic mass is 10.3. The molecule has 0 aliphatic rings. The molecule has 0 atom stereocenters. The summed E-state index contributed by atoms with van der Waals surface area (Å²) in [6.07, 6.45) is 0. The van der Waals surface area contributed by atoms with Crippen LogP contribution in [-0.4, -0.2) is 13.0 Å². The van der Waals surface area contributed by atoms with Crippen molar-refractivity contribution >= 4 is 10.1 Å². The van der Waals surface area contributed by atoms with Gasteiger partial charge in [-0.1, -0.05) is 5.22 Å². The number of hydrogen-bond acceptors (Lipinski definition) is 8. The number of hydrogen-bond donors (Lipinski definition) is 2. The molecule has 0 spiro atoms. The standard InChI is InChI=1S/C6H2N6O5S/c7-11-9-4-3(18(15,16)17)1-2(13)6(14)5(4)10-12-8/h1,8H/p+1. The van der Waals surface area contributed by atoms with Crippen LogP contribution in [0.3, 0.4) is 0 Å². The van der Waals surface area contributed by atoms with Gasteiger partial charge in [0.25, 0.3) is 20.9 Å². The second-order valence-corrected chi connectivity index (χ2v) is 4.15. The molecule has 11 nitrogen and oxygen atoms in total. The third kappa shape index (κ3) is 2.36. The first-order valence-corrected chi connectivity index (χ1v) is 5.42. The fourth-order valence-corrected chi connectivity index (χ4v) is 1.71. The van der Waals surface area contributed by atoms with Crippen LogP contribution in [0.25, 0.3) is 5.08 Å². The number of benzene rings is 1. The normalized spacial score (nSPS) is 13.3. The van der Waals surface area contributed by atoms with E-state index >= 15 is 0 Å². The van der Waals surface area contributed by atoms with Gasteiger partial charge in [0.1, 0.15) is 4.90 Å². The molecule has 1 aromatic carbocycles. The van der Waals surface area contributed by atoms with Crippen molar-refractivity contribution in [1.29, 1.82) is 10.9 Å². The van der Waals surface area contributed by atoms with Crippen molar-refractivity contribution in [3.05, 3.63) is 42.3 Å². The lowest BCUT2D eigenvalue weighted by Gasteiger charge is -1.92. The maximum atomic E-state index is 11.3. The van der Waals surface area contributed by atoms with Gasteiger partial charge < -0.3 is 0 Å². The van der Waals surface area contributed by atoms with E-state index in [0.717, 1.165) is 0 Å². The molecule has 0 saturated heterocycles. The first-order valence-electron chi connectivity index (χ1n) is 3.98. The minimum absolute atomic E-state index is 0.296. The number of nitrogens with zero attached hydrogens (tertiary/aromatic N) is 5. The lowest BCUT2D eigenvalue weighted by molar-refractivity contribution is 0.481. The minimum Gasteiger partial charge on any atom is -0.285 e. The summed E-state index contributed by atoms with van der Waals surface area (Å²) in [5.74, 6) is 0. The average molecular weight is 271 g/mol. The highest BCUT2D eigenvalue weighted by Gasteiger charge is 2.20. The molecular formula is C6H3N6O5S+. The van der Waals surface area contributed by atoms with E-state index in [1.807, 2.05) is 0 Å². The summed E-state index contributed by atoms with van der Waals surface area (Å²) in [7, 11) is -4.90. The molecule has 12 heteroatoms. The first-order chi connectivity index (χ1) is 8.32. The Morgan fingerprint density at radius 2 is 1.94 bits per heavy atom. The van der Waals surface area contributed by atoms with E-state index in [9.17, 15) is 18.0 Å². The van der Waals surface area contributed by atoms with Crippen molar-refractivity contribution in [2.24, 2.45) is 15.4 Å². The maximum Gasteiger partial charge on any atom is 0.339 e. The molecule has 0 amide bonds. The van der Waals surface area contributed by atoms with E-state index in [0.29, 0.717) is 6.07 Å².